The summed E-state index contributed by atoms with van der Waals surface area (Å²) in [7, 11) is 0. The van der Waals surface area contributed by atoms with Gasteiger partial charge in [-0.05, 0) is 42.3 Å². The van der Waals surface area contributed by atoms with Crippen LogP contribution in [0.4, 0.5) is 0 Å². The molecule has 0 saturated heterocycles. The molecule has 0 heterocycles. The summed E-state index contributed by atoms with van der Waals surface area (Å²) in [4.78, 5) is 13.0. The van der Waals surface area contributed by atoms with Gasteiger partial charge in [0.25, 0.3) is 0 Å². The zero-order chi connectivity index (χ0) is 15.1. The van der Waals surface area contributed by atoms with Gasteiger partial charge in [0.05, 0.1) is 0 Å². The van der Waals surface area contributed by atoms with E-state index in [1.807, 2.05) is 30.3 Å². The maximum absolute atomic E-state index is 11.8. The molecule has 0 fully saturated rings. The Bertz CT molecular complexity index is 598. The lowest BCUT2D eigenvalue weighted by molar-refractivity contribution is -0.120. The lowest BCUT2D eigenvalue weighted by Crippen LogP contribution is -2.23. The van der Waals surface area contributed by atoms with Gasteiger partial charge in [0.2, 0.25) is 5.91 Å². The van der Waals surface area contributed by atoms with E-state index in [1.165, 1.54) is 16.0 Å². The normalized spacial score (nSPS) is 10.4. The Kier molecular flexibility index (Phi) is 6.33. The van der Waals surface area contributed by atoms with Crippen molar-refractivity contribution in [3.63, 3.8) is 0 Å². The van der Waals surface area contributed by atoms with Crippen LogP contribution in [-0.4, -0.2) is 11.7 Å². The van der Waals surface area contributed by atoms with Gasteiger partial charge >= 0.3 is 0 Å². The third-order valence-corrected chi connectivity index (χ3v) is 4.69. The third-order valence-electron chi connectivity index (χ3n) is 3.15. The highest BCUT2D eigenvalue weighted by Crippen LogP contribution is 2.21. The molecule has 0 bridgehead atoms. The molecule has 1 amide bonds. The summed E-state index contributed by atoms with van der Waals surface area (Å²) in [6.45, 7) is 2.67. The van der Waals surface area contributed by atoms with E-state index in [-0.39, 0.29) is 5.91 Å². The lowest BCUT2D eigenvalue weighted by atomic mass is 10.1. The molecule has 0 aliphatic rings. The van der Waals surface area contributed by atoms with Gasteiger partial charge in [0.15, 0.2) is 0 Å². The fourth-order valence-electron chi connectivity index (χ4n) is 1.88. The third kappa shape index (κ3) is 5.56. The smallest absolute Gasteiger partial charge is 0.221 e. The van der Waals surface area contributed by atoms with E-state index in [2.05, 4.69) is 46.4 Å². The molecule has 0 spiro atoms. The van der Waals surface area contributed by atoms with E-state index in [0.717, 1.165) is 10.2 Å². The Labute approximate surface area is 138 Å². The minimum Gasteiger partial charge on any atom is -0.352 e. The molecule has 0 saturated carbocycles. The molecular weight excluding hydrogens is 346 g/mol. The second-order valence-corrected chi connectivity index (χ2v) is 6.84. The molecule has 0 unspecified atom stereocenters. The average molecular weight is 364 g/mol. The zero-order valence-electron chi connectivity index (χ0n) is 11.9. The summed E-state index contributed by atoms with van der Waals surface area (Å²) < 4.78 is 1.07. The van der Waals surface area contributed by atoms with Crippen LogP contribution in [0.5, 0.6) is 0 Å². The van der Waals surface area contributed by atoms with Crippen molar-refractivity contribution in [2.45, 2.75) is 24.8 Å². The molecule has 2 aromatic rings. The van der Waals surface area contributed by atoms with Crippen molar-refractivity contribution in [3.8, 4) is 0 Å². The van der Waals surface area contributed by atoms with Crippen LogP contribution in [0.3, 0.4) is 0 Å². The van der Waals surface area contributed by atoms with Gasteiger partial charge in [-0.3, -0.25) is 4.79 Å². The Balaban J connectivity index is 1.70. The fraction of sp³-hybridized carbons (Fsp3) is 0.235. The first-order valence-corrected chi connectivity index (χ1v) is 8.62. The number of carbonyl (C=O) groups excluding carboxylic acids is 1. The Hall–Kier alpha value is -1.26. The Morgan fingerprint density at radius 1 is 1.14 bits per heavy atom. The maximum Gasteiger partial charge on any atom is 0.221 e. The molecule has 21 heavy (non-hydrogen) atoms. The molecule has 0 aromatic heterocycles. The lowest BCUT2D eigenvalue weighted by Gasteiger charge is -2.08. The standard InChI is InChI=1S/C17H18BrNOS/c1-13-4-2-3-5-14(13)12-19-17(20)10-11-21-16-8-6-15(18)7-9-16/h2-9H,10-12H2,1H3,(H,19,20). The van der Waals surface area contributed by atoms with Crippen molar-refractivity contribution in [1.82, 2.24) is 5.32 Å². The van der Waals surface area contributed by atoms with Crippen LogP contribution >= 0.6 is 27.7 Å². The summed E-state index contributed by atoms with van der Waals surface area (Å²) >= 11 is 5.11. The number of amides is 1. The number of aryl methyl sites for hydroxylation is 1. The number of nitrogens with one attached hydrogen (secondary N) is 1. The molecule has 2 aromatic carbocycles. The van der Waals surface area contributed by atoms with Gasteiger partial charge in [0.1, 0.15) is 0 Å². The number of halogens is 1. The predicted octanol–water partition coefficient (Wildman–Crippen LogP) is 4.56. The van der Waals surface area contributed by atoms with Crippen molar-refractivity contribution in [3.05, 3.63) is 64.1 Å². The number of carbonyl (C=O) groups is 1. The van der Waals surface area contributed by atoms with E-state index in [1.54, 1.807) is 11.8 Å². The SMILES string of the molecule is Cc1ccccc1CNC(=O)CCSc1ccc(Br)cc1. The molecule has 2 nitrogen and oxygen atoms in total. The first kappa shape index (κ1) is 16.1. The summed E-state index contributed by atoms with van der Waals surface area (Å²) in [6.07, 6.45) is 0.534. The second kappa shape index (κ2) is 8.25. The average Bonchev–Trinajstić information content (AvgIpc) is 2.48. The maximum atomic E-state index is 11.8. The number of hydrogen-bond acceptors (Lipinski definition) is 2. The molecule has 2 rings (SSSR count). The second-order valence-electron chi connectivity index (χ2n) is 4.76. The summed E-state index contributed by atoms with van der Waals surface area (Å²) in [5.41, 5.74) is 2.38. The molecule has 0 aliphatic heterocycles. The van der Waals surface area contributed by atoms with E-state index in [9.17, 15) is 4.79 Å². The minimum atomic E-state index is 0.0999. The van der Waals surface area contributed by atoms with Crippen LogP contribution in [-0.2, 0) is 11.3 Å². The first-order valence-electron chi connectivity index (χ1n) is 6.85. The molecule has 0 aliphatic carbocycles. The van der Waals surface area contributed by atoms with Gasteiger partial charge in [-0.15, -0.1) is 11.8 Å². The summed E-state index contributed by atoms with van der Waals surface area (Å²) in [5.74, 6) is 0.893. The fourth-order valence-corrected chi connectivity index (χ4v) is 3.00. The van der Waals surface area contributed by atoms with E-state index in [0.29, 0.717) is 13.0 Å². The van der Waals surface area contributed by atoms with Crippen LogP contribution in [0.2, 0.25) is 0 Å². The topological polar surface area (TPSA) is 29.1 Å². The monoisotopic (exact) mass is 363 g/mol. The summed E-state index contributed by atoms with van der Waals surface area (Å²) in [5, 5.41) is 2.98. The van der Waals surface area contributed by atoms with E-state index >= 15 is 0 Å². The number of rotatable bonds is 6. The van der Waals surface area contributed by atoms with Gasteiger partial charge in [0, 0.05) is 28.1 Å². The molecule has 0 radical (unpaired) electrons. The highest BCUT2D eigenvalue weighted by atomic mass is 79.9. The molecule has 1 N–H and O–H groups in total. The van der Waals surface area contributed by atoms with Crippen molar-refractivity contribution >= 4 is 33.6 Å². The minimum absolute atomic E-state index is 0.0999. The van der Waals surface area contributed by atoms with E-state index in [4.69, 9.17) is 0 Å². The van der Waals surface area contributed by atoms with Crippen LogP contribution < -0.4 is 5.32 Å². The molecule has 110 valence electrons. The van der Waals surface area contributed by atoms with Gasteiger partial charge in [-0.25, -0.2) is 0 Å². The van der Waals surface area contributed by atoms with Crippen LogP contribution in [0.15, 0.2) is 57.9 Å². The molecule has 0 atom stereocenters. The summed E-state index contributed by atoms with van der Waals surface area (Å²) in [6, 6.07) is 16.3. The van der Waals surface area contributed by atoms with E-state index < -0.39 is 0 Å². The largest absolute Gasteiger partial charge is 0.352 e. The van der Waals surface area contributed by atoms with Crippen molar-refractivity contribution in [1.29, 1.82) is 0 Å². The van der Waals surface area contributed by atoms with Crippen LogP contribution in [0, 0.1) is 6.92 Å². The number of hydrogen-bond donors (Lipinski definition) is 1. The molecular formula is C17H18BrNOS. The zero-order valence-corrected chi connectivity index (χ0v) is 14.3. The van der Waals surface area contributed by atoms with Crippen molar-refractivity contribution in [2.75, 3.05) is 5.75 Å². The highest BCUT2D eigenvalue weighted by Gasteiger charge is 2.03. The van der Waals surface area contributed by atoms with Crippen LogP contribution in [0.25, 0.3) is 0 Å². The van der Waals surface area contributed by atoms with Crippen molar-refractivity contribution < 1.29 is 4.79 Å². The van der Waals surface area contributed by atoms with Gasteiger partial charge in [-0.1, -0.05) is 40.2 Å². The Morgan fingerprint density at radius 2 is 1.86 bits per heavy atom. The number of benzene rings is 2. The van der Waals surface area contributed by atoms with Gasteiger partial charge in [-0.2, -0.15) is 0 Å². The Morgan fingerprint density at radius 3 is 2.57 bits per heavy atom. The van der Waals surface area contributed by atoms with Crippen molar-refractivity contribution in [2.24, 2.45) is 0 Å². The first-order chi connectivity index (χ1) is 10.1. The molecule has 4 heteroatoms. The van der Waals surface area contributed by atoms with Crippen LogP contribution in [0.1, 0.15) is 17.5 Å². The van der Waals surface area contributed by atoms with Gasteiger partial charge < -0.3 is 5.32 Å². The number of thioether (sulfide) groups is 1. The quantitative estimate of drug-likeness (QED) is 0.762. The predicted molar refractivity (Wildman–Crippen MR) is 92.5 cm³/mol. The highest BCUT2D eigenvalue weighted by molar-refractivity contribution is 9.10.